The van der Waals surface area contributed by atoms with Crippen LogP contribution in [0, 0.1) is 6.92 Å². The second-order valence-corrected chi connectivity index (χ2v) is 7.93. The maximum atomic E-state index is 13.0. The van der Waals surface area contributed by atoms with E-state index in [0.29, 0.717) is 30.2 Å². The number of nitrogens with zero attached hydrogens (tertiary/aromatic N) is 4. The van der Waals surface area contributed by atoms with Crippen LogP contribution in [-0.2, 0) is 11.2 Å². The van der Waals surface area contributed by atoms with Gasteiger partial charge in [0, 0.05) is 42.8 Å². The maximum Gasteiger partial charge on any atom is 0.229 e. The Balaban J connectivity index is 1.39. The van der Waals surface area contributed by atoms with E-state index in [0.717, 1.165) is 47.8 Å². The van der Waals surface area contributed by atoms with Crippen LogP contribution in [0.5, 0.6) is 0 Å². The quantitative estimate of drug-likeness (QED) is 0.753. The topological polar surface area (TPSA) is 98.1 Å². The van der Waals surface area contributed by atoms with Crippen LogP contribution >= 0.6 is 0 Å². The molecular weight excluding hydrogens is 354 g/mol. The van der Waals surface area contributed by atoms with Crippen molar-refractivity contribution in [2.75, 3.05) is 0 Å². The summed E-state index contributed by atoms with van der Waals surface area (Å²) < 4.78 is 5.57. The first kappa shape index (κ1) is 17.3. The zero-order valence-electron chi connectivity index (χ0n) is 15.8. The summed E-state index contributed by atoms with van der Waals surface area (Å²) in [6.45, 7) is 1.80. The minimum Gasteiger partial charge on any atom is -0.439 e. The Kier molecular flexibility index (Phi) is 4.12. The second kappa shape index (κ2) is 6.67. The predicted octanol–water partition coefficient (Wildman–Crippen LogP) is 2.62. The van der Waals surface area contributed by atoms with Gasteiger partial charge in [-0.1, -0.05) is 0 Å². The molecule has 5 heterocycles. The van der Waals surface area contributed by atoms with Gasteiger partial charge >= 0.3 is 0 Å². The summed E-state index contributed by atoms with van der Waals surface area (Å²) in [5.41, 5.74) is 7.63. The monoisotopic (exact) mass is 377 g/mol. The third-order valence-electron chi connectivity index (χ3n) is 5.92. The van der Waals surface area contributed by atoms with Gasteiger partial charge in [0.05, 0.1) is 18.3 Å². The molecule has 28 heavy (non-hydrogen) atoms. The summed E-state index contributed by atoms with van der Waals surface area (Å²) in [4.78, 5) is 28.1. The van der Waals surface area contributed by atoms with Gasteiger partial charge in [0.25, 0.3) is 0 Å². The van der Waals surface area contributed by atoms with Crippen LogP contribution in [-0.4, -0.2) is 43.9 Å². The fourth-order valence-corrected chi connectivity index (χ4v) is 4.67. The number of hydrogen-bond donors (Lipinski definition) is 1. The van der Waals surface area contributed by atoms with E-state index in [1.165, 1.54) is 0 Å². The highest BCUT2D eigenvalue weighted by Gasteiger charge is 2.41. The minimum atomic E-state index is 0.159. The lowest BCUT2D eigenvalue weighted by Crippen LogP contribution is -2.50. The van der Waals surface area contributed by atoms with E-state index in [2.05, 4.69) is 19.9 Å². The van der Waals surface area contributed by atoms with Crippen LogP contribution in [0.15, 0.2) is 35.1 Å². The largest absolute Gasteiger partial charge is 0.439 e. The van der Waals surface area contributed by atoms with Crippen LogP contribution in [0.2, 0.25) is 0 Å². The van der Waals surface area contributed by atoms with Crippen molar-refractivity contribution in [3.8, 4) is 11.5 Å². The molecule has 1 unspecified atom stereocenters. The van der Waals surface area contributed by atoms with Crippen molar-refractivity contribution in [2.45, 2.75) is 57.2 Å². The third-order valence-corrected chi connectivity index (χ3v) is 5.92. The zero-order chi connectivity index (χ0) is 19.3. The molecule has 0 aliphatic carbocycles. The molecule has 2 N–H and O–H groups in total. The van der Waals surface area contributed by atoms with Crippen LogP contribution < -0.4 is 5.73 Å². The van der Waals surface area contributed by atoms with Crippen molar-refractivity contribution in [3.63, 3.8) is 0 Å². The fourth-order valence-electron chi connectivity index (χ4n) is 4.67. The van der Waals surface area contributed by atoms with E-state index in [1.807, 2.05) is 12.1 Å². The van der Waals surface area contributed by atoms with Crippen molar-refractivity contribution in [3.05, 3.63) is 42.3 Å². The predicted molar refractivity (Wildman–Crippen MR) is 104 cm³/mol. The molecule has 0 saturated carbocycles. The number of aromatic nitrogens is 3. The van der Waals surface area contributed by atoms with Gasteiger partial charge < -0.3 is 15.1 Å². The Bertz CT molecular complexity index is 1030. The molecule has 3 atom stereocenters. The standard InChI is InChI=1S/C21H23N5O2/c1-12-23-11-20(28-12)19-5-13-4-16(24-9-14(13)10-25-19)8-21(27)26-17-2-3-18(26)7-15(22)6-17/h4-5,9-11,15,17-18H,2-3,6-8,22H2,1H3/t15?,17-,18+. The molecule has 2 aliphatic rings. The average Bonchev–Trinajstić information content (AvgIpc) is 3.22. The zero-order valence-corrected chi connectivity index (χ0v) is 15.8. The first-order chi connectivity index (χ1) is 13.6. The Labute approximate surface area is 163 Å². The normalized spacial score (nSPS) is 24.1. The average molecular weight is 377 g/mol. The number of fused-ring (bicyclic) bond motifs is 3. The van der Waals surface area contributed by atoms with E-state index in [-0.39, 0.29) is 11.9 Å². The van der Waals surface area contributed by atoms with E-state index in [9.17, 15) is 4.79 Å². The number of rotatable bonds is 3. The lowest BCUT2D eigenvalue weighted by molar-refractivity contribution is -0.135. The molecule has 2 bridgehead atoms. The molecule has 0 aromatic carbocycles. The minimum absolute atomic E-state index is 0.159. The molecular formula is C21H23N5O2. The van der Waals surface area contributed by atoms with Crippen LogP contribution in [0.1, 0.15) is 37.3 Å². The number of pyridine rings is 2. The summed E-state index contributed by atoms with van der Waals surface area (Å²) >= 11 is 0. The maximum absolute atomic E-state index is 13.0. The van der Waals surface area contributed by atoms with Crippen molar-refractivity contribution in [1.82, 2.24) is 19.9 Å². The summed E-state index contributed by atoms with van der Waals surface area (Å²) in [6, 6.07) is 4.75. The number of oxazole rings is 1. The number of carbonyl (C=O) groups is 1. The van der Waals surface area contributed by atoms with Crippen molar-refractivity contribution < 1.29 is 9.21 Å². The third kappa shape index (κ3) is 3.05. The Morgan fingerprint density at radius 2 is 1.86 bits per heavy atom. The molecule has 0 spiro atoms. The van der Waals surface area contributed by atoms with Gasteiger partial charge in [-0.25, -0.2) is 4.98 Å². The summed E-state index contributed by atoms with van der Waals surface area (Å²) in [5, 5.41) is 1.92. The van der Waals surface area contributed by atoms with Gasteiger partial charge in [-0.05, 0) is 43.2 Å². The highest BCUT2D eigenvalue weighted by Crippen LogP contribution is 2.35. The van der Waals surface area contributed by atoms with Crippen molar-refractivity contribution in [1.29, 1.82) is 0 Å². The van der Waals surface area contributed by atoms with E-state index < -0.39 is 0 Å². The first-order valence-electron chi connectivity index (χ1n) is 9.81. The number of nitrogens with two attached hydrogens (primary N) is 1. The highest BCUT2D eigenvalue weighted by molar-refractivity contribution is 5.86. The molecule has 7 nitrogen and oxygen atoms in total. The van der Waals surface area contributed by atoms with Crippen LogP contribution in [0.4, 0.5) is 0 Å². The van der Waals surface area contributed by atoms with E-state index in [4.69, 9.17) is 10.2 Å². The number of amides is 1. The van der Waals surface area contributed by atoms with E-state index >= 15 is 0 Å². The lowest BCUT2D eigenvalue weighted by Gasteiger charge is -2.37. The number of piperidine rings is 1. The lowest BCUT2D eigenvalue weighted by atomic mass is 9.97. The number of aryl methyl sites for hydroxylation is 1. The summed E-state index contributed by atoms with van der Waals surface area (Å²) in [7, 11) is 0. The summed E-state index contributed by atoms with van der Waals surface area (Å²) in [6.07, 6.45) is 9.51. The molecule has 3 aromatic heterocycles. The summed E-state index contributed by atoms with van der Waals surface area (Å²) in [5.74, 6) is 1.40. The second-order valence-electron chi connectivity index (χ2n) is 7.93. The van der Waals surface area contributed by atoms with Gasteiger partial charge in [0.2, 0.25) is 5.91 Å². The van der Waals surface area contributed by atoms with Gasteiger partial charge in [-0.3, -0.25) is 14.8 Å². The van der Waals surface area contributed by atoms with Gasteiger partial charge in [0.15, 0.2) is 11.7 Å². The van der Waals surface area contributed by atoms with Gasteiger partial charge in [-0.2, -0.15) is 0 Å². The van der Waals surface area contributed by atoms with E-state index in [1.54, 1.807) is 25.5 Å². The molecule has 144 valence electrons. The Hall–Kier alpha value is -2.80. The molecule has 2 aliphatic heterocycles. The van der Waals surface area contributed by atoms with Gasteiger partial charge in [0.1, 0.15) is 5.69 Å². The number of hydrogen-bond acceptors (Lipinski definition) is 6. The molecule has 7 heteroatoms. The fraction of sp³-hybridized carbons (Fsp3) is 0.429. The van der Waals surface area contributed by atoms with Crippen molar-refractivity contribution in [2.24, 2.45) is 5.73 Å². The molecule has 0 radical (unpaired) electrons. The smallest absolute Gasteiger partial charge is 0.229 e. The van der Waals surface area contributed by atoms with Gasteiger partial charge in [-0.15, -0.1) is 0 Å². The molecule has 1 amide bonds. The molecule has 5 rings (SSSR count). The molecule has 3 aromatic rings. The van der Waals surface area contributed by atoms with Crippen LogP contribution in [0.25, 0.3) is 22.2 Å². The number of carbonyl (C=O) groups excluding carboxylic acids is 1. The Morgan fingerprint density at radius 1 is 1.11 bits per heavy atom. The first-order valence-corrected chi connectivity index (χ1v) is 9.81. The SMILES string of the molecule is Cc1ncc(-c2cc3cc(CC(=O)N4[C@@H]5CC[C@H]4CC(N)C5)ncc3cn2)o1. The van der Waals surface area contributed by atoms with Crippen LogP contribution in [0.3, 0.4) is 0 Å². The molecule has 2 saturated heterocycles. The molecule has 2 fully saturated rings. The highest BCUT2D eigenvalue weighted by atomic mass is 16.4. The van der Waals surface area contributed by atoms with Crippen molar-refractivity contribution >= 4 is 16.7 Å². The Morgan fingerprint density at radius 3 is 2.57 bits per heavy atom.